The normalized spacial score (nSPS) is 11.0. The molecule has 0 atom stereocenters. The predicted molar refractivity (Wildman–Crippen MR) is 112 cm³/mol. The summed E-state index contributed by atoms with van der Waals surface area (Å²) in [6.45, 7) is 4.50. The van der Waals surface area contributed by atoms with E-state index >= 15 is 0 Å². The van der Waals surface area contributed by atoms with Gasteiger partial charge in [-0.05, 0) is 60.1 Å². The molecule has 1 heterocycles. The Bertz CT molecular complexity index is 697. The van der Waals surface area contributed by atoms with Gasteiger partial charge in [0.2, 0.25) is 0 Å². The molecule has 3 aromatic rings. The van der Waals surface area contributed by atoms with Gasteiger partial charge < -0.3 is 0 Å². The van der Waals surface area contributed by atoms with E-state index in [1.165, 1.54) is 70.5 Å². The number of thiophene rings is 1. The third-order valence-electron chi connectivity index (χ3n) is 4.72. The van der Waals surface area contributed by atoms with Gasteiger partial charge in [-0.2, -0.15) is 0 Å². The van der Waals surface area contributed by atoms with Crippen molar-refractivity contribution in [3.8, 4) is 20.9 Å². The summed E-state index contributed by atoms with van der Waals surface area (Å²) in [5, 5.41) is 0. The number of hydrogen-bond donors (Lipinski definition) is 0. The first-order chi connectivity index (χ1) is 12.3. The highest BCUT2D eigenvalue weighted by molar-refractivity contribution is 7.18. The average Bonchev–Trinajstić information content (AvgIpc) is 3.15. The standard InChI is InChI=1S/C24H28S/c1-3-5-7-19-9-13-21(14-10-19)23-17-18-24(25-23)22-15-11-20(12-16-22)8-6-4-2/h9-18H,3-8H2,1-2H3. The Hall–Kier alpha value is -1.86. The van der Waals surface area contributed by atoms with Gasteiger partial charge in [0.15, 0.2) is 0 Å². The number of hydrogen-bond acceptors (Lipinski definition) is 1. The molecule has 1 aromatic heterocycles. The summed E-state index contributed by atoms with van der Waals surface area (Å²) in [4.78, 5) is 2.71. The number of unbranched alkanes of at least 4 members (excludes halogenated alkanes) is 2. The zero-order valence-electron chi connectivity index (χ0n) is 15.4. The summed E-state index contributed by atoms with van der Waals surface area (Å²) in [7, 11) is 0. The van der Waals surface area contributed by atoms with Gasteiger partial charge in [-0.15, -0.1) is 11.3 Å². The zero-order valence-corrected chi connectivity index (χ0v) is 16.2. The van der Waals surface area contributed by atoms with E-state index < -0.39 is 0 Å². The SMILES string of the molecule is CCCCc1ccc(-c2ccc(-c3ccc(CCCC)cc3)s2)cc1. The van der Waals surface area contributed by atoms with E-state index in [-0.39, 0.29) is 0 Å². The van der Waals surface area contributed by atoms with E-state index in [1.807, 2.05) is 11.3 Å². The van der Waals surface area contributed by atoms with Crippen LogP contribution in [0.25, 0.3) is 20.9 Å². The molecule has 2 aromatic carbocycles. The second kappa shape index (κ2) is 9.01. The molecular weight excluding hydrogens is 320 g/mol. The molecule has 0 spiro atoms. The highest BCUT2D eigenvalue weighted by Gasteiger charge is 2.05. The molecule has 0 nitrogen and oxygen atoms in total. The summed E-state index contributed by atoms with van der Waals surface area (Å²) in [5.74, 6) is 0. The predicted octanol–water partition coefficient (Wildman–Crippen LogP) is 7.77. The fourth-order valence-corrected chi connectivity index (χ4v) is 4.10. The first kappa shape index (κ1) is 17.9. The van der Waals surface area contributed by atoms with Gasteiger partial charge >= 0.3 is 0 Å². The van der Waals surface area contributed by atoms with Crippen LogP contribution in [-0.4, -0.2) is 0 Å². The molecule has 0 saturated carbocycles. The Balaban J connectivity index is 1.71. The molecule has 130 valence electrons. The van der Waals surface area contributed by atoms with Gasteiger partial charge in [0.05, 0.1) is 0 Å². The summed E-state index contributed by atoms with van der Waals surface area (Å²) in [6.07, 6.45) is 7.45. The summed E-state index contributed by atoms with van der Waals surface area (Å²) < 4.78 is 0. The monoisotopic (exact) mass is 348 g/mol. The van der Waals surface area contributed by atoms with Crippen LogP contribution in [-0.2, 0) is 12.8 Å². The molecule has 0 fully saturated rings. The molecular formula is C24H28S. The van der Waals surface area contributed by atoms with Crippen molar-refractivity contribution in [2.45, 2.75) is 52.4 Å². The molecule has 0 amide bonds. The molecule has 0 bridgehead atoms. The van der Waals surface area contributed by atoms with Crippen LogP contribution in [0.5, 0.6) is 0 Å². The van der Waals surface area contributed by atoms with Gasteiger partial charge in [0, 0.05) is 9.75 Å². The Morgan fingerprint density at radius 1 is 0.560 bits per heavy atom. The maximum Gasteiger partial charge on any atom is 0.0349 e. The van der Waals surface area contributed by atoms with Crippen LogP contribution in [0.15, 0.2) is 60.7 Å². The van der Waals surface area contributed by atoms with Crippen LogP contribution < -0.4 is 0 Å². The number of rotatable bonds is 8. The molecule has 0 aliphatic carbocycles. The van der Waals surface area contributed by atoms with Crippen molar-refractivity contribution >= 4 is 11.3 Å². The van der Waals surface area contributed by atoms with Crippen molar-refractivity contribution in [3.63, 3.8) is 0 Å². The Kier molecular flexibility index (Phi) is 6.47. The average molecular weight is 349 g/mol. The van der Waals surface area contributed by atoms with Crippen molar-refractivity contribution in [2.75, 3.05) is 0 Å². The molecule has 25 heavy (non-hydrogen) atoms. The molecule has 1 heteroatoms. The highest BCUT2D eigenvalue weighted by atomic mass is 32.1. The Labute approximate surface area is 156 Å². The zero-order chi connectivity index (χ0) is 17.5. The van der Waals surface area contributed by atoms with Gasteiger partial charge in [0.25, 0.3) is 0 Å². The maximum atomic E-state index is 2.28. The lowest BCUT2D eigenvalue weighted by Gasteiger charge is -2.03. The van der Waals surface area contributed by atoms with Crippen molar-refractivity contribution in [2.24, 2.45) is 0 Å². The van der Waals surface area contributed by atoms with E-state index in [9.17, 15) is 0 Å². The molecule has 0 aliphatic heterocycles. The molecule has 0 radical (unpaired) electrons. The lowest BCUT2D eigenvalue weighted by atomic mass is 10.1. The lowest BCUT2D eigenvalue weighted by molar-refractivity contribution is 0.795. The number of aryl methyl sites for hydroxylation is 2. The van der Waals surface area contributed by atoms with Crippen LogP contribution in [0.1, 0.15) is 50.7 Å². The third kappa shape index (κ3) is 4.83. The largest absolute Gasteiger partial charge is 0.135 e. The first-order valence-corrected chi connectivity index (χ1v) is 10.4. The van der Waals surface area contributed by atoms with Crippen LogP contribution in [0.3, 0.4) is 0 Å². The summed E-state index contributed by atoms with van der Waals surface area (Å²) >= 11 is 1.89. The molecule has 3 rings (SSSR count). The topological polar surface area (TPSA) is 0 Å². The van der Waals surface area contributed by atoms with E-state index in [2.05, 4.69) is 74.5 Å². The number of benzene rings is 2. The smallest absolute Gasteiger partial charge is 0.0349 e. The quantitative estimate of drug-likeness (QED) is 0.390. The summed E-state index contributed by atoms with van der Waals surface area (Å²) in [5.41, 5.74) is 5.56. The van der Waals surface area contributed by atoms with Crippen LogP contribution >= 0.6 is 11.3 Å². The second-order valence-corrected chi connectivity index (χ2v) is 7.85. The fourth-order valence-electron chi connectivity index (χ4n) is 3.08. The van der Waals surface area contributed by atoms with Crippen LogP contribution in [0, 0.1) is 0 Å². The van der Waals surface area contributed by atoms with E-state index in [0.717, 1.165) is 0 Å². The van der Waals surface area contributed by atoms with Gasteiger partial charge in [-0.25, -0.2) is 0 Å². The Morgan fingerprint density at radius 3 is 1.32 bits per heavy atom. The van der Waals surface area contributed by atoms with Gasteiger partial charge in [0.1, 0.15) is 0 Å². The lowest BCUT2D eigenvalue weighted by Crippen LogP contribution is -1.84. The van der Waals surface area contributed by atoms with Crippen LogP contribution in [0.2, 0.25) is 0 Å². The van der Waals surface area contributed by atoms with E-state index in [4.69, 9.17) is 0 Å². The van der Waals surface area contributed by atoms with Crippen molar-refractivity contribution < 1.29 is 0 Å². The van der Waals surface area contributed by atoms with Crippen molar-refractivity contribution in [1.82, 2.24) is 0 Å². The van der Waals surface area contributed by atoms with Crippen molar-refractivity contribution in [3.05, 3.63) is 71.8 Å². The van der Waals surface area contributed by atoms with E-state index in [1.54, 1.807) is 0 Å². The van der Waals surface area contributed by atoms with E-state index in [0.29, 0.717) is 0 Å². The van der Waals surface area contributed by atoms with Crippen molar-refractivity contribution in [1.29, 1.82) is 0 Å². The highest BCUT2D eigenvalue weighted by Crippen LogP contribution is 2.34. The fraction of sp³-hybridized carbons (Fsp3) is 0.333. The minimum absolute atomic E-state index is 1.19. The second-order valence-electron chi connectivity index (χ2n) is 6.76. The minimum Gasteiger partial charge on any atom is -0.135 e. The Morgan fingerprint density at radius 2 is 0.960 bits per heavy atom. The summed E-state index contributed by atoms with van der Waals surface area (Å²) in [6, 6.07) is 22.7. The van der Waals surface area contributed by atoms with Gasteiger partial charge in [-0.3, -0.25) is 0 Å². The molecule has 0 aliphatic rings. The maximum absolute atomic E-state index is 2.28. The van der Waals surface area contributed by atoms with Gasteiger partial charge in [-0.1, -0.05) is 75.2 Å². The molecule has 0 unspecified atom stereocenters. The molecule has 0 N–H and O–H groups in total. The first-order valence-electron chi connectivity index (χ1n) is 9.58. The minimum atomic E-state index is 1.19. The van der Waals surface area contributed by atoms with Crippen LogP contribution in [0.4, 0.5) is 0 Å². The third-order valence-corrected chi connectivity index (χ3v) is 5.90. The molecule has 0 saturated heterocycles.